The van der Waals surface area contributed by atoms with Gasteiger partial charge in [0.05, 0.1) is 0 Å². The normalized spacial score (nSPS) is 12.3. The highest BCUT2D eigenvalue weighted by Crippen LogP contribution is 2.40. The molecule has 0 spiro atoms. The van der Waals surface area contributed by atoms with Crippen LogP contribution in [0, 0.1) is 5.82 Å². The number of thiophene rings is 1. The van der Waals surface area contributed by atoms with Crippen molar-refractivity contribution in [2.24, 2.45) is 5.73 Å². The van der Waals surface area contributed by atoms with Crippen LogP contribution in [0.1, 0.15) is 18.5 Å². The molecule has 2 heterocycles. The fraction of sp³-hybridized carbons (Fsp3) is 0.105. The van der Waals surface area contributed by atoms with E-state index < -0.39 is 11.9 Å². The van der Waals surface area contributed by atoms with Crippen LogP contribution in [0.2, 0.25) is 0 Å². The zero-order chi connectivity index (χ0) is 17.7. The molecule has 1 unspecified atom stereocenters. The molecule has 134 valence electrons. The highest BCUT2D eigenvalue weighted by Gasteiger charge is 2.17. The maximum Gasteiger partial charge on any atom is 0.266 e. The first-order chi connectivity index (χ1) is 12.0. The Hall–Kier alpha value is -2.41. The third-order valence-electron chi connectivity index (χ3n) is 4.35. The molecule has 4 nitrogen and oxygen atoms in total. The van der Waals surface area contributed by atoms with Crippen LogP contribution < -0.4 is 11.3 Å². The topological polar surface area (TPSA) is 79.1 Å². The monoisotopic (exact) mass is 390 g/mol. The Kier molecular flexibility index (Phi) is 4.75. The molecule has 4 N–H and O–H groups in total. The third-order valence-corrected chi connectivity index (χ3v) is 5.27. The first kappa shape index (κ1) is 18.4. The average molecular weight is 391 g/mol. The van der Waals surface area contributed by atoms with E-state index in [1.165, 1.54) is 23.5 Å². The minimum atomic E-state index is -0.421. The molecule has 0 aliphatic rings. The molecular weight excluding hydrogens is 375 g/mol. The summed E-state index contributed by atoms with van der Waals surface area (Å²) in [5, 5.41) is 13.7. The molecule has 1 atom stereocenters. The number of phenolic OH excluding ortho intramolecular Hbond substituents is 1. The van der Waals surface area contributed by atoms with Crippen molar-refractivity contribution in [2.75, 3.05) is 0 Å². The number of pyridine rings is 1. The van der Waals surface area contributed by atoms with Crippen molar-refractivity contribution in [1.82, 2.24) is 4.98 Å². The van der Waals surface area contributed by atoms with Crippen LogP contribution in [0.3, 0.4) is 0 Å². The minimum Gasteiger partial charge on any atom is -0.507 e. The van der Waals surface area contributed by atoms with Gasteiger partial charge in [-0.2, -0.15) is 0 Å². The standard InChI is InChI=1S/C19H15FN2O2S.ClH/c1-9(21)11-3-2-10(8-13(11)20)16-15(23)5-4-14-17(16)12-6-7-25-18(12)19(24)22-14;/h2-9,23H,21H2,1H3,(H,22,24);1H. The third kappa shape index (κ3) is 2.76. The minimum absolute atomic E-state index is 0. The predicted octanol–water partition coefficient (Wildman–Crippen LogP) is 4.70. The van der Waals surface area contributed by atoms with Crippen LogP contribution in [-0.2, 0) is 0 Å². The van der Waals surface area contributed by atoms with E-state index in [9.17, 15) is 14.3 Å². The van der Waals surface area contributed by atoms with E-state index in [2.05, 4.69) is 4.98 Å². The van der Waals surface area contributed by atoms with Gasteiger partial charge in [-0.3, -0.25) is 4.79 Å². The lowest BCUT2D eigenvalue weighted by Crippen LogP contribution is -2.07. The molecule has 0 radical (unpaired) electrons. The van der Waals surface area contributed by atoms with Gasteiger partial charge in [0.1, 0.15) is 16.3 Å². The fourth-order valence-electron chi connectivity index (χ4n) is 3.18. The van der Waals surface area contributed by atoms with Crippen molar-refractivity contribution in [2.45, 2.75) is 13.0 Å². The smallest absolute Gasteiger partial charge is 0.266 e. The van der Waals surface area contributed by atoms with Crippen molar-refractivity contribution < 1.29 is 9.50 Å². The van der Waals surface area contributed by atoms with Crippen LogP contribution in [0.25, 0.3) is 32.1 Å². The molecule has 2 aromatic heterocycles. The second-order valence-electron chi connectivity index (χ2n) is 6.02. The Morgan fingerprint density at radius 1 is 1.23 bits per heavy atom. The molecule has 4 rings (SSSR count). The maximum atomic E-state index is 14.4. The molecule has 4 aromatic rings. The number of nitrogens with two attached hydrogens (primary N) is 1. The van der Waals surface area contributed by atoms with E-state index in [0.717, 1.165) is 5.39 Å². The van der Waals surface area contributed by atoms with Crippen LogP contribution in [-0.4, -0.2) is 10.1 Å². The molecule has 0 amide bonds. The Balaban J connectivity index is 0.00000196. The number of fused-ring (bicyclic) bond motifs is 3. The van der Waals surface area contributed by atoms with E-state index in [1.54, 1.807) is 25.1 Å². The highest BCUT2D eigenvalue weighted by atomic mass is 35.5. The van der Waals surface area contributed by atoms with E-state index in [4.69, 9.17) is 5.73 Å². The second kappa shape index (κ2) is 6.72. The predicted molar refractivity (Wildman–Crippen MR) is 107 cm³/mol. The molecule has 0 aliphatic carbocycles. The molecule has 0 fully saturated rings. The van der Waals surface area contributed by atoms with E-state index in [-0.39, 0.29) is 23.7 Å². The van der Waals surface area contributed by atoms with E-state index in [0.29, 0.717) is 32.3 Å². The second-order valence-corrected chi connectivity index (χ2v) is 6.94. The van der Waals surface area contributed by atoms with Crippen molar-refractivity contribution in [3.05, 3.63) is 63.5 Å². The Morgan fingerprint density at radius 3 is 2.69 bits per heavy atom. The molecular formula is C19H16ClFN2O2S. The SMILES string of the molecule is CC(N)c1ccc(-c2c(O)ccc3[nH]c(=O)c4sccc4c23)cc1F.Cl. The van der Waals surface area contributed by atoms with Crippen molar-refractivity contribution in [3.63, 3.8) is 0 Å². The van der Waals surface area contributed by atoms with Gasteiger partial charge in [-0.25, -0.2) is 4.39 Å². The number of aromatic nitrogens is 1. The van der Waals surface area contributed by atoms with Gasteiger partial charge in [0.25, 0.3) is 5.56 Å². The summed E-state index contributed by atoms with van der Waals surface area (Å²) >= 11 is 1.33. The van der Waals surface area contributed by atoms with Crippen LogP contribution in [0.15, 0.2) is 46.6 Å². The molecule has 7 heteroatoms. The molecule has 0 saturated carbocycles. The quantitative estimate of drug-likeness (QED) is 0.464. The van der Waals surface area contributed by atoms with E-state index in [1.807, 2.05) is 11.4 Å². The molecule has 2 aromatic carbocycles. The lowest BCUT2D eigenvalue weighted by atomic mass is 9.95. The summed E-state index contributed by atoms with van der Waals surface area (Å²) in [5.41, 5.74) is 7.64. The summed E-state index contributed by atoms with van der Waals surface area (Å²) in [6, 6.07) is 9.31. The van der Waals surface area contributed by atoms with Crippen molar-refractivity contribution in [3.8, 4) is 16.9 Å². The number of hydrogen-bond acceptors (Lipinski definition) is 4. The Labute approximate surface area is 158 Å². The molecule has 26 heavy (non-hydrogen) atoms. The summed E-state index contributed by atoms with van der Waals surface area (Å²) in [7, 11) is 0. The number of benzene rings is 2. The van der Waals surface area contributed by atoms with Crippen LogP contribution >= 0.6 is 23.7 Å². The summed E-state index contributed by atoms with van der Waals surface area (Å²) < 4.78 is 15.0. The zero-order valence-corrected chi connectivity index (χ0v) is 15.4. The van der Waals surface area contributed by atoms with Gasteiger partial charge in [-0.15, -0.1) is 23.7 Å². The van der Waals surface area contributed by atoms with Crippen molar-refractivity contribution >= 4 is 44.7 Å². The van der Waals surface area contributed by atoms with Gasteiger partial charge < -0.3 is 15.8 Å². The largest absolute Gasteiger partial charge is 0.507 e. The first-order valence-electron chi connectivity index (χ1n) is 7.78. The summed E-state index contributed by atoms with van der Waals surface area (Å²) in [5.74, 6) is -0.394. The highest BCUT2D eigenvalue weighted by molar-refractivity contribution is 7.17. The number of aromatic amines is 1. The van der Waals surface area contributed by atoms with Gasteiger partial charge in [-0.1, -0.05) is 12.1 Å². The number of halogens is 2. The number of nitrogens with one attached hydrogen (secondary N) is 1. The first-order valence-corrected chi connectivity index (χ1v) is 8.66. The lowest BCUT2D eigenvalue weighted by Gasteiger charge is -2.13. The van der Waals surface area contributed by atoms with Crippen molar-refractivity contribution in [1.29, 1.82) is 0 Å². The number of hydrogen-bond donors (Lipinski definition) is 3. The van der Waals surface area contributed by atoms with Crippen LogP contribution in [0.4, 0.5) is 4.39 Å². The summed E-state index contributed by atoms with van der Waals surface area (Å²) in [6.45, 7) is 1.72. The zero-order valence-electron chi connectivity index (χ0n) is 13.7. The maximum absolute atomic E-state index is 14.4. The van der Waals surface area contributed by atoms with Gasteiger partial charge in [-0.05, 0) is 42.1 Å². The summed E-state index contributed by atoms with van der Waals surface area (Å²) in [4.78, 5) is 15.0. The number of phenols is 1. The van der Waals surface area contributed by atoms with Gasteiger partial charge in [0.15, 0.2) is 0 Å². The van der Waals surface area contributed by atoms with Gasteiger partial charge >= 0.3 is 0 Å². The Morgan fingerprint density at radius 2 is 2.00 bits per heavy atom. The lowest BCUT2D eigenvalue weighted by molar-refractivity contribution is 0.478. The average Bonchev–Trinajstić information content (AvgIpc) is 3.05. The summed E-state index contributed by atoms with van der Waals surface area (Å²) in [6.07, 6.45) is 0. The van der Waals surface area contributed by atoms with Gasteiger partial charge in [0.2, 0.25) is 0 Å². The molecule has 0 saturated heterocycles. The number of aromatic hydroxyl groups is 1. The fourth-order valence-corrected chi connectivity index (χ4v) is 3.98. The van der Waals surface area contributed by atoms with Crippen LogP contribution in [0.5, 0.6) is 5.75 Å². The Bertz CT molecular complexity index is 1180. The van der Waals surface area contributed by atoms with E-state index >= 15 is 0 Å². The number of H-pyrrole nitrogens is 1. The molecule has 0 aliphatic heterocycles. The number of rotatable bonds is 2. The molecule has 0 bridgehead atoms. The van der Waals surface area contributed by atoms with Gasteiger partial charge in [0, 0.05) is 33.5 Å².